The highest BCUT2D eigenvalue weighted by Gasteiger charge is 2.09. The van der Waals surface area contributed by atoms with Crippen LogP contribution in [0.4, 0.5) is 5.69 Å². The number of aromatic nitrogens is 2. The number of fused-ring (bicyclic) bond motifs is 1. The van der Waals surface area contributed by atoms with E-state index in [9.17, 15) is 4.79 Å². The Labute approximate surface area is 135 Å². The van der Waals surface area contributed by atoms with Crippen LogP contribution in [-0.4, -0.2) is 9.55 Å². The highest BCUT2D eigenvalue weighted by molar-refractivity contribution is 7.13. The van der Waals surface area contributed by atoms with Gasteiger partial charge in [0.05, 0.1) is 23.1 Å². The van der Waals surface area contributed by atoms with Crippen molar-refractivity contribution in [1.29, 1.82) is 0 Å². The zero-order valence-electron chi connectivity index (χ0n) is 12.3. The van der Waals surface area contributed by atoms with Gasteiger partial charge >= 0.3 is 5.76 Å². The number of rotatable bonds is 4. The van der Waals surface area contributed by atoms with Gasteiger partial charge < -0.3 is 14.2 Å². The first-order valence-corrected chi connectivity index (χ1v) is 7.91. The van der Waals surface area contributed by atoms with Gasteiger partial charge in [0, 0.05) is 12.7 Å². The van der Waals surface area contributed by atoms with Crippen molar-refractivity contribution in [2.45, 2.75) is 6.54 Å². The third-order valence-corrected chi connectivity index (χ3v) is 4.44. The molecule has 0 fully saturated rings. The van der Waals surface area contributed by atoms with E-state index in [1.54, 1.807) is 30.6 Å². The fourth-order valence-corrected chi connectivity index (χ4v) is 3.01. The van der Waals surface area contributed by atoms with Gasteiger partial charge in [0.2, 0.25) is 5.89 Å². The van der Waals surface area contributed by atoms with Crippen LogP contribution in [0, 0.1) is 0 Å². The zero-order chi connectivity index (χ0) is 15.8. The molecule has 0 radical (unpaired) electrons. The zero-order valence-corrected chi connectivity index (χ0v) is 13.1. The van der Waals surface area contributed by atoms with Crippen molar-refractivity contribution >= 4 is 28.1 Å². The fourth-order valence-electron chi connectivity index (χ4n) is 2.34. The van der Waals surface area contributed by atoms with Gasteiger partial charge in [-0.15, -0.1) is 11.3 Å². The molecule has 0 amide bonds. The second-order valence-electron chi connectivity index (χ2n) is 5.06. The Bertz CT molecular complexity index is 1010. The molecule has 0 atom stereocenters. The minimum atomic E-state index is -0.370. The van der Waals surface area contributed by atoms with E-state index in [1.807, 2.05) is 29.6 Å². The van der Waals surface area contributed by atoms with Crippen molar-refractivity contribution in [1.82, 2.24) is 9.55 Å². The van der Waals surface area contributed by atoms with Gasteiger partial charge in [-0.3, -0.25) is 4.57 Å². The summed E-state index contributed by atoms with van der Waals surface area (Å²) in [7, 11) is 1.68. The van der Waals surface area contributed by atoms with Gasteiger partial charge in [0.25, 0.3) is 0 Å². The first-order valence-electron chi connectivity index (χ1n) is 7.03. The minimum absolute atomic E-state index is 0.370. The van der Waals surface area contributed by atoms with Gasteiger partial charge in [-0.2, -0.15) is 0 Å². The van der Waals surface area contributed by atoms with Crippen molar-refractivity contribution in [3.63, 3.8) is 0 Å². The molecule has 7 heteroatoms. The lowest BCUT2D eigenvalue weighted by molar-refractivity contribution is 0.517. The van der Waals surface area contributed by atoms with Crippen LogP contribution < -0.4 is 11.1 Å². The number of benzene rings is 1. The van der Waals surface area contributed by atoms with E-state index in [4.69, 9.17) is 8.83 Å². The molecule has 116 valence electrons. The smallest absolute Gasteiger partial charge is 0.419 e. The second-order valence-corrected chi connectivity index (χ2v) is 6.01. The quantitative estimate of drug-likeness (QED) is 0.621. The summed E-state index contributed by atoms with van der Waals surface area (Å²) in [6, 6.07) is 9.46. The van der Waals surface area contributed by atoms with Gasteiger partial charge in [0.15, 0.2) is 11.3 Å². The lowest BCUT2D eigenvalue weighted by Crippen LogP contribution is -2.08. The summed E-state index contributed by atoms with van der Waals surface area (Å²) in [4.78, 5) is 16.8. The molecule has 0 unspecified atom stereocenters. The Morgan fingerprint density at radius 2 is 2.22 bits per heavy atom. The number of oxazole rings is 2. The molecule has 0 spiro atoms. The predicted molar refractivity (Wildman–Crippen MR) is 88.6 cm³/mol. The van der Waals surface area contributed by atoms with Crippen LogP contribution in [0.15, 0.2) is 55.5 Å². The van der Waals surface area contributed by atoms with E-state index < -0.39 is 0 Å². The van der Waals surface area contributed by atoms with Crippen molar-refractivity contribution in [3.05, 3.63) is 58.4 Å². The standard InChI is InChI=1S/C16H13N3O3S/c1-19-11-7-10(4-5-12(11)22-16(19)20)17-9-15-18-8-13(21-15)14-3-2-6-23-14/h2-8,17H,9H2,1H3. The molecule has 6 nitrogen and oxygen atoms in total. The van der Waals surface area contributed by atoms with Crippen molar-refractivity contribution in [2.75, 3.05) is 5.32 Å². The average Bonchev–Trinajstić information content (AvgIpc) is 3.27. The number of hydrogen-bond acceptors (Lipinski definition) is 6. The Balaban J connectivity index is 1.53. The monoisotopic (exact) mass is 327 g/mol. The first kappa shape index (κ1) is 13.8. The Hall–Kier alpha value is -2.80. The van der Waals surface area contributed by atoms with E-state index in [0.29, 0.717) is 18.0 Å². The van der Waals surface area contributed by atoms with E-state index in [1.165, 1.54) is 4.57 Å². The van der Waals surface area contributed by atoms with Gasteiger partial charge in [-0.25, -0.2) is 9.78 Å². The molecule has 3 heterocycles. The summed E-state index contributed by atoms with van der Waals surface area (Å²) in [6.07, 6.45) is 1.73. The van der Waals surface area contributed by atoms with E-state index in [0.717, 1.165) is 21.8 Å². The Kier molecular flexibility index (Phi) is 3.27. The number of anilines is 1. The summed E-state index contributed by atoms with van der Waals surface area (Å²) < 4.78 is 12.3. The van der Waals surface area contributed by atoms with Crippen LogP contribution in [-0.2, 0) is 13.6 Å². The molecule has 0 aliphatic carbocycles. The predicted octanol–water partition coefficient (Wildman–Crippen LogP) is 3.46. The molecule has 4 aromatic rings. The van der Waals surface area contributed by atoms with Crippen LogP contribution in [0.25, 0.3) is 21.7 Å². The molecular formula is C16H13N3O3S. The number of aryl methyl sites for hydroxylation is 1. The summed E-state index contributed by atoms with van der Waals surface area (Å²) in [5.41, 5.74) is 2.18. The topological polar surface area (TPSA) is 73.2 Å². The summed E-state index contributed by atoms with van der Waals surface area (Å²) in [5.74, 6) is 1.00. The number of thiophene rings is 1. The van der Waals surface area contributed by atoms with Crippen LogP contribution >= 0.6 is 11.3 Å². The molecular weight excluding hydrogens is 314 g/mol. The molecule has 0 aliphatic heterocycles. The molecule has 1 N–H and O–H groups in total. The average molecular weight is 327 g/mol. The Morgan fingerprint density at radius 1 is 1.30 bits per heavy atom. The normalized spacial score (nSPS) is 11.2. The molecule has 1 aromatic carbocycles. The lowest BCUT2D eigenvalue weighted by Gasteiger charge is -2.03. The SMILES string of the molecule is Cn1c(=O)oc2ccc(NCc3ncc(-c4cccs4)o3)cc21. The van der Waals surface area contributed by atoms with Crippen LogP contribution in [0.5, 0.6) is 0 Å². The highest BCUT2D eigenvalue weighted by atomic mass is 32.1. The maximum absolute atomic E-state index is 11.5. The van der Waals surface area contributed by atoms with E-state index in [2.05, 4.69) is 10.3 Å². The summed E-state index contributed by atoms with van der Waals surface area (Å²) in [6.45, 7) is 0.461. The van der Waals surface area contributed by atoms with Gasteiger partial charge in [-0.05, 0) is 29.6 Å². The Morgan fingerprint density at radius 3 is 3.04 bits per heavy atom. The van der Waals surface area contributed by atoms with E-state index in [-0.39, 0.29) is 5.76 Å². The summed E-state index contributed by atoms with van der Waals surface area (Å²) >= 11 is 1.61. The number of nitrogens with zero attached hydrogens (tertiary/aromatic N) is 2. The molecule has 23 heavy (non-hydrogen) atoms. The van der Waals surface area contributed by atoms with Gasteiger partial charge in [-0.1, -0.05) is 6.07 Å². The van der Waals surface area contributed by atoms with E-state index >= 15 is 0 Å². The third kappa shape index (κ3) is 2.55. The molecule has 0 saturated heterocycles. The maximum Gasteiger partial charge on any atom is 0.419 e. The number of hydrogen-bond donors (Lipinski definition) is 1. The summed E-state index contributed by atoms with van der Waals surface area (Å²) in [5, 5.41) is 5.24. The van der Waals surface area contributed by atoms with Crippen LogP contribution in [0.2, 0.25) is 0 Å². The number of nitrogens with one attached hydrogen (secondary N) is 1. The minimum Gasteiger partial charge on any atom is -0.438 e. The maximum atomic E-state index is 11.5. The molecule has 3 aromatic heterocycles. The molecule has 0 saturated carbocycles. The van der Waals surface area contributed by atoms with Crippen LogP contribution in [0.3, 0.4) is 0 Å². The fraction of sp³-hybridized carbons (Fsp3) is 0.125. The van der Waals surface area contributed by atoms with Crippen LogP contribution in [0.1, 0.15) is 5.89 Å². The van der Waals surface area contributed by atoms with Crippen molar-refractivity contribution in [3.8, 4) is 10.6 Å². The largest absolute Gasteiger partial charge is 0.438 e. The van der Waals surface area contributed by atoms with Crippen molar-refractivity contribution < 1.29 is 8.83 Å². The van der Waals surface area contributed by atoms with Crippen molar-refractivity contribution in [2.24, 2.45) is 7.05 Å². The molecule has 0 aliphatic rings. The third-order valence-electron chi connectivity index (χ3n) is 3.55. The lowest BCUT2D eigenvalue weighted by atomic mass is 10.3. The first-order chi connectivity index (χ1) is 11.2. The van der Waals surface area contributed by atoms with Gasteiger partial charge in [0.1, 0.15) is 0 Å². The molecule has 0 bridgehead atoms. The second kappa shape index (κ2) is 5.44. The molecule has 4 rings (SSSR count). The highest BCUT2D eigenvalue weighted by Crippen LogP contribution is 2.25.